The zero-order valence-electron chi connectivity index (χ0n) is 22.1. The number of hydrogen-bond acceptors (Lipinski definition) is 8. The Kier molecular flexibility index (Phi) is 9.65. The fourth-order valence-electron chi connectivity index (χ4n) is 5.18. The summed E-state index contributed by atoms with van der Waals surface area (Å²) in [4.78, 5) is 21.6. The highest BCUT2D eigenvalue weighted by Gasteiger charge is 2.30. The summed E-state index contributed by atoms with van der Waals surface area (Å²) in [6.45, 7) is 1.71. The molecule has 0 bridgehead atoms. The van der Waals surface area contributed by atoms with E-state index < -0.39 is 0 Å². The van der Waals surface area contributed by atoms with Crippen LogP contribution < -0.4 is 21.7 Å². The molecule has 1 aliphatic carbocycles. The minimum atomic E-state index is -0.273. The Balaban J connectivity index is 1.19. The fraction of sp³-hybridized carbons (Fsp3) is 0.414. The van der Waals surface area contributed by atoms with Gasteiger partial charge in [0.15, 0.2) is 11.6 Å². The third-order valence-corrected chi connectivity index (χ3v) is 8.56. The third kappa shape index (κ3) is 7.17. The van der Waals surface area contributed by atoms with Gasteiger partial charge in [0, 0.05) is 45.3 Å². The summed E-state index contributed by atoms with van der Waals surface area (Å²) >= 11 is 19.2. The number of hydrogen-bond donors (Lipinski definition) is 4. The normalized spacial score (nSPS) is 19.5. The SMILES string of the molecule is Nc1ncc(-c2ccc(CNC3CCNC(C(=O)OC4CCCC4)C3)c(Cl)c2)nc1NCc1c(Cl)cccc1Cl. The van der Waals surface area contributed by atoms with Gasteiger partial charge in [0.2, 0.25) is 0 Å². The fourth-order valence-corrected chi connectivity index (χ4v) is 5.96. The molecule has 2 unspecified atom stereocenters. The number of carbonyl (C=O) groups is 1. The van der Waals surface area contributed by atoms with Crippen LogP contribution in [0, 0.1) is 0 Å². The van der Waals surface area contributed by atoms with Gasteiger partial charge >= 0.3 is 5.97 Å². The molecule has 1 saturated carbocycles. The molecule has 2 aromatic carbocycles. The van der Waals surface area contributed by atoms with Crippen LogP contribution in [0.25, 0.3) is 11.3 Å². The highest BCUT2D eigenvalue weighted by molar-refractivity contribution is 6.36. The molecule has 0 radical (unpaired) electrons. The quantitative estimate of drug-likeness (QED) is 0.221. The van der Waals surface area contributed by atoms with Gasteiger partial charge in [0.25, 0.3) is 0 Å². The standard InChI is InChI=1S/C29H33Cl3N6O2/c30-22-6-3-7-23(31)21(22)15-37-28-27(33)36-16-26(38-28)17-8-9-18(24(32)12-17)14-35-19-10-11-34-25(13-19)29(39)40-20-4-1-2-5-20/h3,6-9,12,16,19-20,25,34-35H,1-2,4-5,10-11,13-15H2,(H2,33,36)(H,37,38). The molecule has 2 heterocycles. The highest BCUT2D eigenvalue weighted by atomic mass is 35.5. The van der Waals surface area contributed by atoms with E-state index in [-0.39, 0.29) is 30.0 Å². The van der Waals surface area contributed by atoms with E-state index >= 15 is 0 Å². The van der Waals surface area contributed by atoms with E-state index in [1.165, 1.54) is 0 Å². The van der Waals surface area contributed by atoms with E-state index in [2.05, 4.69) is 25.9 Å². The zero-order chi connectivity index (χ0) is 28.1. The Morgan fingerprint density at radius 2 is 1.82 bits per heavy atom. The molecule has 1 aromatic heterocycles. The van der Waals surface area contributed by atoms with E-state index in [9.17, 15) is 4.79 Å². The molecule has 1 saturated heterocycles. The maximum Gasteiger partial charge on any atom is 0.323 e. The topological polar surface area (TPSA) is 114 Å². The van der Waals surface area contributed by atoms with E-state index in [4.69, 9.17) is 45.3 Å². The Morgan fingerprint density at radius 1 is 1.05 bits per heavy atom. The van der Waals surface area contributed by atoms with Gasteiger partial charge in [0.1, 0.15) is 12.1 Å². The molecule has 5 N–H and O–H groups in total. The van der Waals surface area contributed by atoms with Crippen molar-refractivity contribution >= 4 is 52.4 Å². The number of halogens is 3. The second-order valence-corrected chi connectivity index (χ2v) is 11.5. The van der Waals surface area contributed by atoms with Crippen molar-refractivity contribution in [1.82, 2.24) is 20.6 Å². The number of rotatable bonds is 9. The molecule has 5 rings (SSSR count). The van der Waals surface area contributed by atoms with Crippen LogP contribution >= 0.6 is 34.8 Å². The number of benzene rings is 2. The van der Waals surface area contributed by atoms with Gasteiger partial charge < -0.3 is 26.4 Å². The molecule has 40 heavy (non-hydrogen) atoms. The van der Waals surface area contributed by atoms with Crippen molar-refractivity contribution in [2.75, 3.05) is 17.6 Å². The first-order valence-electron chi connectivity index (χ1n) is 13.6. The summed E-state index contributed by atoms with van der Waals surface area (Å²) in [6, 6.07) is 11.1. The van der Waals surface area contributed by atoms with Crippen LogP contribution in [0.15, 0.2) is 42.6 Å². The van der Waals surface area contributed by atoms with Crippen molar-refractivity contribution in [3.8, 4) is 11.3 Å². The van der Waals surface area contributed by atoms with E-state index in [1.807, 2.05) is 18.2 Å². The van der Waals surface area contributed by atoms with Gasteiger partial charge in [0.05, 0.1) is 11.9 Å². The van der Waals surface area contributed by atoms with Crippen LogP contribution in [0.1, 0.15) is 49.7 Å². The van der Waals surface area contributed by atoms with Crippen molar-refractivity contribution < 1.29 is 9.53 Å². The second-order valence-electron chi connectivity index (χ2n) is 10.3. The van der Waals surface area contributed by atoms with Gasteiger partial charge in [-0.05, 0) is 68.8 Å². The van der Waals surface area contributed by atoms with E-state index in [0.29, 0.717) is 46.1 Å². The number of aromatic nitrogens is 2. The Morgan fingerprint density at radius 3 is 2.58 bits per heavy atom. The summed E-state index contributed by atoms with van der Waals surface area (Å²) in [7, 11) is 0. The Hall–Kier alpha value is -2.62. The molecule has 0 amide bonds. The summed E-state index contributed by atoms with van der Waals surface area (Å²) in [5, 5.41) is 11.8. The van der Waals surface area contributed by atoms with Gasteiger partial charge in [-0.15, -0.1) is 0 Å². The van der Waals surface area contributed by atoms with Crippen molar-refractivity contribution in [3.63, 3.8) is 0 Å². The minimum Gasteiger partial charge on any atom is -0.461 e. The summed E-state index contributed by atoms with van der Waals surface area (Å²) in [5.74, 6) is 0.572. The lowest BCUT2D eigenvalue weighted by atomic mass is 9.99. The molecule has 2 fully saturated rings. The first-order chi connectivity index (χ1) is 19.4. The van der Waals surface area contributed by atoms with Crippen molar-refractivity contribution in [2.24, 2.45) is 0 Å². The van der Waals surface area contributed by atoms with Crippen LogP contribution in [0.3, 0.4) is 0 Å². The molecule has 212 valence electrons. The molecule has 2 aliphatic rings. The molecule has 0 spiro atoms. The van der Waals surface area contributed by atoms with Gasteiger partial charge in [-0.25, -0.2) is 9.97 Å². The van der Waals surface area contributed by atoms with Gasteiger partial charge in [-0.2, -0.15) is 0 Å². The molecular formula is C29H33Cl3N6O2. The lowest BCUT2D eigenvalue weighted by Crippen LogP contribution is -2.50. The number of anilines is 2. The average Bonchev–Trinajstić information content (AvgIpc) is 3.46. The number of ether oxygens (including phenoxy) is 1. The number of nitrogens with two attached hydrogens (primary N) is 1. The highest BCUT2D eigenvalue weighted by Crippen LogP contribution is 2.29. The smallest absolute Gasteiger partial charge is 0.323 e. The van der Waals surface area contributed by atoms with Gasteiger partial charge in [-0.1, -0.05) is 53.0 Å². The van der Waals surface area contributed by atoms with Crippen LogP contribution in [0.2, 0.25) is 15.1 Å². The third-order valence-electron chi connectivity index (χ3n) is 7.50. The molecular weight excluding hydrogens is 571 g/mol. The van der Waals surface area contributed by atoms with Crippen LogP contribution in [-0.2, 0) is 22.6 Å². The Bertz CT molecular complexity index is 1330. The lowest BCUT2D eigenvalue weighted by Gasteiger charge is -2.30. The summed E-state index contributed by atoms with van der Waals surface area (Å²) in [5.41, 5.74) is 9.23. The number of nitrogens with zero attached hydrogens (tertiary/aromatic N) is 2. The lowest BCUT2D eigenvalue weighted by molar-refractivity contribution is -0.152. The maximum atomic E-state index is 12.6. The second kappa shape index (κ2) is 13.4. The number of piperidine rings is 1. The van der Waals surface area contributed by atoms with Crippen molar-refractivity contribution in [1.29, 1.82) is 0 Å². The van der Waals surface area contributed by atoms with E-state index in [0.717, 1.165) is 55.3 Å². The Labute approximate surface area is 249 Å². The minimum absolute atomic E-state index is 0.0819. The van der Waals surface area contributed by atoms with Crippen LogP contribution in [0.4, 0.5) is 11.6 Å². The van der Waals surface area contributed by atoms with Crippen molar-refractivity contribution in [3.05, 3.63) is 68.8 Å². The number of nitrogens with one attached hydrogen (secondary N) is 3. The predicted molar refractivity (Wildman–Crippen MR) is 161 cm³/mol. The van der Waals surface area contributed by atoms with Gasteiger partial charge in [-0.3, -0.25) is 4.79 Å². The monoisotopic (exact) mass is 602 g/mol. The molecule has 1 aliphatic heterocycles. The first-order valence-corrected chi connectivity index (χ1v) is 14.8. The first kappa shape index (κ1) is 28.9. The number of esters is 1. The molecule has 2 atom stereocenters. The zero-order valence-corrected chi connectivity index (χ0v) is 24.3. The van der Waals surface area contributed by atoms with Crippen LogP contribution in [0.5, 0.6) is 0 Å². The number of nitrogen functional groups attached to an aromatic ring is 1. The number of carbonyl (C=O) groups excluding carboxylic acids is 1. The summed E-state index contributed by atoms with van der Waals surface area (Å²) in [6.07, 6.45) is 7.56. The molecule has 3 aromatic rings. The maximum absolute atomic E-state index is 12.6. The van der Waals surface area contributed by atoms with Crippen molar-refractivity contribution in [2.45, 2.75) is 69.8 Å². The van der Waals surface area contributed by atoms with E-state index in [1.54, 1.807) is 24.4 Å². The average molecular weight is 604 g/mol. The molecule has 11 heteroatoms. The summed E-state index contributed by atoms with van der Waals surface area (Å²) < 4.78 is 5.71. The van der Waals surface area contributed by atoms with Crippen LogP contribution in [-0.4, -0.2) is 40.7 Å². The largest absolute Gasteiger partial charge is 0.461 e. The molecule has 8 nitrogen and oxygen atoms in total. The predicted octanol–water partition coefficient (Wildman–Crippen LogP) is 5.99.